The van der Waals surface area contributed by atoms with Crippen LogP contribution in [-0.4, -0.2) is 116 Å². The summed E-state index contributed by atoms with van der Waals surface area (Å²) in [5.74, 6) is -1.30. The van der Waals surface area contributed by atoms with Crippen LogP contribution in [0.1, 0.15) is 79.2 Å². The molecule has 2 aromatic heterocycles. The number of nitrogens with one attached hydrogen (secondary N) is 2. The summed E-state index contributed by atoms with van der Waals surface area (Å²) in [5.41, 5.74) is 4.31. The van der Waals surface area contributed by atoms with Crippen molar-refractivity contribution in [3.8, 4) is 5.00 Å². The molecule has 0 bridgehead atoms. The normalized spacial score (nSPS) is 19.6. The zero-order valence-corrected chi connectivity index (χ0v) is 32.5. The van der Waals surface area contributed by atoms with Crippen molar-refractivity contribution in [3.63, 3.8) is 0 Å². The molecule has 2 aromatic carbocycles. The molecule has 15 nitrogen and oxygen atoms in total. The third-order valence-corrected chi connectivity index (χ3v) is 12.2. The molecule has 2 fully saturated rings. The Hall–Kier alpha value is -5.58. The third kappa shape index (κ3) is 6.71. The number of benzene rings is 2. The number of aliphatic imine (C=N–C) groups is 1. The van der Waals surface area contributed by atoms with Crippen molar-refractivity contribution in [2.75, 3.05) is 44.6 Å². The summed E-state index contributed by atoms with van der Waals surface area (Å²) >= 11 is 7.89. The first kappa shape index (κ1) is 37.3. The highest BCUT2D eigenvalue weighted by Crippen LogP contribution is 2.40. The lowest BCUT2D eigenvalue weighted by Gasteiger charge is -2.34. The highest BCUT2D eigenvalue weighted by molar-refractivity contribution is 7.15. The van der Waals surface area contributed by atoms with Gasteiger partial charge in [0.15, 0.2) is 5.82 Å². The monoisotopic (exact) mass is 795 g/mol. The predicted octanol–water partition coefficient (Wildman–Crippen LogP) is 3.42. The fourth-order valence-corrected chi connectivity index (χ4v) is 9.10. The summed E-state index contributed by atoms with van der Waals surface area (Å²) in [5, 5.41) is 15.7. The summed E-state index contributed by atoms with van der Waals surface area (Å²) < 4.78 is 2.02. The van der Waals surface area contributed by atoms with Crippen LogP contribution >= 0.6 is 22.9 Å². The zero-order chi connectivity index (χ0) is 39.4. The Kier molecular flexibility index (Phi) is 9.88. The summed E-state index contributed by atoms with van der Waals surface area (Å²) in [6.45, 7) is 7.89. The molecule has 2 saturated heterocycles. The fourth-order valence-electron chi connectivity index (χ4n) is 7.76. The Balaban J connectivity index is 0.903. The van der Waals surface area contributed by atoms with Gasteiger partial charge in [-0.1, -0.05) is 29.8 Å². The molecule has 6 heterocycles. The number of rotatable bonds is 9. The predicted molar refractivity (Wildman–Crippen MR) is 208 cm³/mol. The van der Waals surface area contributed by atoms with Gasteiger partial charge in [0, 0.05) is 65.7 Å². The Labute approximate surface area is 330 Å². The maximum atomic E-state index is 13.7. The number of aromatic nitrogens is 3. The molecule has 0 saturated carbocycles. The Morgan fingerprint density at radius 2 is 1.70 bits per heavy atom. The minimum atomic E-state index is -1.09. The molecule has 2 atom stereocenters. The molecule has 56 heavy (non-hydrogen) atoms. The second-order valence-electron chi connectivity index (χ2n) is 14.3. The number of nitrogens with zero attached hydrogens (tertiary/aromatic N) is 7. The number of hydrogen-bond donors (Lipinski definition) is 2. The summed E-state index contributed by atoms with van der Waals surface area (Å²) in [4.78, 5) is 88.8. The summed E-state index contributed by atoms with van der Waals surface area (Å²) in [7, 11) is 0. The number of carbonyl (C=O) groups is 6. The van der Waals surface area contributed by atoms with Gasteiger partial charge in [0.1, 0.15) is 28.7 Å². The standard InChI is InChI=1S/C39H38ClN9O6S/c1-20-21(2)56-39-32(20)34(23-7-9-24(40)10-8-23)42-28(35-45-44-22(3)48(35)39)17-25(50)19-46-13-15-47(16-14-46)31(52)18-41-27-6-4-5-26-33(27)38(55)49(37(26)54)29-11-12-30(51)43-36(29)53/h4-10,28-29,41H,11-19H2,1-3H3,(H,43,51,53)/t28-,29?/m0/s1. The van der Waals surface area contributed by atoms with E-state index in [0.29, 0.717) is 48.5 Å². The molecule has 4 aromatic rings. The van der Waals surface area contributed by atoms with Crippen molar-refractivity contribution in [2.45, 2.75) is 52.1 Å². The van der Waals surface area contributed by atoms with E-state index < -0.39 is 35.7 Å². The van der Waals surface area contributed by atoms with Gasteiger partial charge < -0.3 is 10.2 Å². The van der Waals surface area contributed by atoms with Crippen LogP contribution < -0.4 is 10.6 Å². The van der Waals surface area contributed by atoms with E-state index in [-0.39, 0.29) is 55.2 Å². The first-order valence-electron chi connectivity index (χ1n) is 18.4. The van der Waals surface area contributed by atoms with Gasteiger partial charge in [-0.25, -0.2) is 0 Å². The van der Waals surface area contributed by atoms with E-state index in [1.54, 1.807) is 28.4 Å². The van der Waals surface area contributed by atoms with Crippen molar-refractivity contribution < 1.29 is 28.8 Å². The van der Waals surface area contributed by atoms with Crippen LogP contribution in [0, 0.1) is 20.8 Å². The number of fused-ring (bicyclic) bond motifs is 4. The molecule has 0 spiro atoms. The van der Waals surface area contributed by atoms with Gasteiger partial charge in [-0.3, -0.25) is 53.4 Å². The third-order valence-electron chi connectivity index (χ3n) is 10.8. The molecule has 17 heteroatoms. The molecule has 2 N–H and O–H groups in total. The maximum Gasteiger partial charge on any atom is 0.264 e. The molecule has 0 aliphatic carbocycles. The molecule has 4 aliphatic rings. The first-order valence-corrected chi connectivity index (χ1v) is 19.6. The Bertz CT molecular complexity index is 2360. The van der Waals surface area contributed by atoms with Crippen LogP contribution in [0.4, 0.5) is 5.69 Å². The quantitative estimate of drug-likeness (QED) is 0.239. The molecular weight excluding hydrogens is 758 g/mol. The number of anilines is 1. The second kappa shape index (κ2) is 14.8. The average molecular weight is 796 g/mol. The molecule has 288 valence electrons. The molecule has 1 unspecified atom stereocenters. The highest BCUT2D eigenvalue weighted by atomic mass is 35.5. The summed E-state index contributed by atoms with van der Waals surface area (Å²) in [6.07, 6.45) is 0.188. The number of piperazine rings is 1. The van der Waals surface area contributed by atoms with Gasteiger partial charge in [0.05, 0.1) is 29.9 Å². The topological polar surface area (TPSA) is 179 Å². The van der Waals surface area contributed by atoms with Gasteiger partial charge in [-0.15, -0.1) is 21.5 Å². The van der Waals surface area contributed by atoms with Crippen molar-refractivity contribution in [1.29, 1.82) is 0 Å². The second-order valence-corrected chi connectivity index (χ2v) is 16.0. The lowest BCUT2D eigenvalue weighted by Crippen LogP contribution is -2.54. The number of imide groups is 2. The van der Waals surface area contributed by atoms with E-state index in [4.69, 9.17) is 16.6 Å². The molecule has 4 aliphatic heterocycles. The van der Waals surface area contributed by atoms with E-state index >= 15 is 0 Å². The molecule has 0 radical (unpaired) electrons. The van der Waals surface area contributed by atoms with Crippen LogP contribution in [0.25, 0.3) is 5.00 Å². The number of ketones is 1. The van der Waals surface area contributed by atoms with Crippen LogP contribution in [0.5, 0.6) is 0 Å². The van der Waals surface area contributed by atoms with Crippen LogP contribution in [0.15, 0.2) is 47.5 Å². The van der Waals surface area contributed by atoms with Gasteiger partial charge in [-0.2, -0.15) is 0 Å². The minimum Gasteiger partial charge on any atom is -0.375 e. The van der Waals surface area contributed by atoms with Crippen LogP contribution in [0.2, 0.25) is 5.02 Å². The number of Topliss-reactive ketones (excluding diaryl/α,β-unsaturated/α-hetero) is 1. The molecule has 5 amide bonds. The van der Waals surface area contributed by atoms with E-state index in [9.17, 15) is 28.8 Å². The van der Waals surface area contributed by atoms with Crippen LogP contribution in [-0.2, 0) is 19.2 Å². The Morgan fingerprint density at radius 3 is 2.43 bits per heavy atom. The molecule has 8 rings (SSSR count). The van der Waals surface area contributed by atoms with Gasteiger partial charge >= 0.3 is 0 Å². The SMILES string of the molecule is Cc1sc2c(c1C)C(c1ccc(Cl)cc1)=N[C@@H](CC(=O)CN1CCN(C(=O)CNc3cccc4c3C(=O)N(C3CCC(=O)NC3=O)C4=O)CC1)c1nnc(C)n1-2. The number of halogens is 1. The lowest BCUT2D eigenvalue weighted by atomic mass is 9.99. The van der Waals surface area contributed by atoms with Crippen LogP contribution in [0.3, 0.4) is 0 Å². The van der Waals surface area contributed by atoms with Crippen molar-refractivity contribution in [3.05, 3.63) is 91.8 Å². The average Bonchev–Trinajstić information content (AvgIpc) is 3.75. The van der Waals surface area contributed by atoms with E-state index in [1.165, 1.54) is 6.07 Å². The Morgan fingerprint density at radius 1 is 0.946 bits per heavy atom. The highest BCUT2D eigenvalue weighted by Gasteiger charge is 2.45. The van der Waals surface area contributed by atoms with Crippen molar-refractivity contribution in [2.24, 2.45) is 4.99 Å². The first-order chi connectivity index (χ1) is 26.9. The number of aryl methyl sites for hydroxylation is 2. The lowest BCUT2D eigenvalue weighted by molar-refractivity contribution is -0.136. The molecular formula is C39H38ClN9O6S. The zero-order valence-electron chi connectivity index (χ0n) is 30.9. The number of hydrogen-bond acceptors (Lipinski definition) is 12. The van der Waals surface area contributed by atoms with E-state index in [2.05, 4.69) is 34.7 Å². The van der Waals surface area contributed by atoms with Crippen molar-refractivity contribution >= 4 is 69.7 Å². The van der Waals surface area contributed by atoms with Gasteiger partial charge in [0.2, 0.25) is 17.7 Å². The largest absolute Gasteiger partial charge is 0.375 e. The fraction of sp³-hybridized carbons (Fsp3) is 0.359. The minimum absolute atomic E-state index is 0.00971. The van der Waals surface area contributed by atoms with E-state index in [1.807, 2.05) is 40.7 Å². The number of thiophene rings is 1. The van der Waals surface area contributed by atoms with Gasteiger partial charge in [-0.05, 0) is 57.0 Å². The number of amides is 5. The van der Waals surface area contributed by atoms with Gasteiger partial charge in [0.25, 0.3) is 11.8 Å². The van der Waals surface area contributed by atoms with Crippen molar-refractivity contribution in [1.82, 2.24) is 34.8 Å². The number of carbonyl (C=O) groups excluding carboxylic acids is 6. The summed E-state index contributed by atoms with van der Waals surface area (Å²) in [6, 6.07) is 10.6. The smallest absolute Gasteiger partial charge is 0.264 e. The van der Waals surface area contributed by atoms with E-state index in [0.717, 1.165) is 37.2 Å². The number of piperidine rings is 1. The maximum absolute atomic E-state index is 13.7.